The van der Waals surface area contributed by atoms with E-state index in [1.165, 1.54) is 0 Å². The molecule has 1 aliphatic heterocycles. The first-order valence-corrected chi connectivity index (χ1v) is 6.42. The van der Waals surface area contributed by atoms with E-state index in [0.29, 0.717) is 13.0 Å². The van der Waals surface area contributed by atoms with Crippen molar-refractivity contribution in [1.29, 1.82) is 0 Å². The summed E-state index contributed by atoms with van der Waals surface area (Å²) in [6.45, 7) is 4.36. The standard InChI is InChI=1S/C12H23N3O3/c1-9(3-4-11(16)17)7-13-12(18)14-10-5-6-15(2)8-10/h9-10H,3-8H2,1-2H3,(H,16,17)(H2,13,14,18). The smallest absolute Gasteiger partial charge is 0.315 e. The molecule has 0 aliphatic carbocycles. The number of hydrogen-bond donors (Lipinski definition) is 3. The summed E-state index contributed by atoms with van der Waals surface area (Å²) in [6.07, 6.45) is 1.72. The topological polar surface area (TPSA) is 81.7 Å². The fourth-order valence-electron chi connectivity index (χ4n) is 2.03. The Morgan fingerprint density at radius 3 is 2.78 bits per heavy atom. The number of likely N-dealkylation sites (N-methyl/N-ethyl adjacent to an activating group) is 1. The molecule has 1 heterocycles. The zero-order valence-corrected chi connectivity index (χ0v) is 11.1. The monoisotopic (exact) mass is 257 g/mol. The van der Waals surface area contributed by atoms with Crippen LogP contribution in [0.15, 0.2) is 0 Å². The summed E-state index contributed by atoms with van der Waals surface area (Å²) >= 11 is 0. The number of carboxylic acid groups (broad SMARTS) is 1. The van der Waals surface area contributed by atoms with Crippen molar-refractivity contribution < 1.29 is 14.7 Å². The molecular formula is C12H23N3O3. The summed E-state index contributed by atoms with van der Waals surface area (Å²) in [5, 5.41) is 14.3. The van der Waals surface area contributed by atoms with Crippen molar-refractivity contribution in [2.75, 3.05) is 26.7 Å². The molecule has 0 aromatic carbocycles. The average Bonchev–Trinajstić information content (AvgIpc) is 2.69. The van der Waals surface area contributed by atoms with Crippen LogP contribution < -0.4 is 10.6 Å². The van der Waals surface area contributed by atoms with Crippen LogP contribution in [0, 0.1) is 5.92 Å². The first kappa shape index (κ1) is 14.8. The molecular weight excluding hydrogens is 234 g/mol. The van der Waals surface area contributed by atoms with Crippen LogP contribution >= 0.6 is 0 Å². The summed E-state index contributed by atoms with van der Waals surface area (Å²) in [6, 6.07) is 0.0711. The van der Waals surface area contributed by atoms with Gasteiger partial charge in [-0.25, -0.2) is 4.79 Å². The minimum atomic E-state index is -0.791. The Hall–Kier alpha value is -1.30. The number of urea groups is 1. The van der Waals surface area contributed by atoms with Gasteiger partial charge in [-0.2, -0.15) is 0 Å². The number of amides is 2. The summed E-state index contributed by atoms with van der Waals surface area (Å²) in [5.74, 6) is -0.613. The highest BCUT2D eigenvalue weighted by Gasteiger charge is 2.20. The van der Waals surface area contributed by atoms with E-state index < -0.39 is 5.97 Å². The maximum Gasteiger partial charge on any atom is 0.315 e. The number of nitrogens with one attached hydrogen (secondary N) is 2. The second-order valence-electron chi connectivity index (χ2n) is 5.14. The van der Waals surface area contributed by atoms with E-state index in [2.05, 4.69) is 15.5 Å². The number of nitrogens with zero attached hydrogens (tertiary/aromatic N) is 1. The van der Waals surface area contributed by atoms with Gasteiger partial charge < -0.3 is 20.6 Å². The molecule has 0 bridgehead atoms. The lowest BCUT2D eigenvalue weighted by atomic mass is 10.1. The number of carbonyl (C=O) groups excluding carboxylic acids is 1. The van der Waals surface area contributed by atoms with E-state index in [9.17, 15) is 9.59 Å². The van der Waals surface area contributed by atoms with Gasteiger partial charge in [-0.15, -0.1) is 0 Å². The SMILES string of the molecule is CC(CCC(=O)O)CNC(=O)NC1CCN(C)C1. The Kier molecular flexibility index (Phi) is 5.91. The van der Waals surface area contributed by atoms with Crippen molar-refractivity contribution in [3.63, 3.8) is 0 Å². The molecule has 3 N–H and O–H groups in total. The summed E-state index contributed by atoms with van der Waals surface area (Å²) in [5.41, 5.74) is 0. The Morgan fingerprint density at radius 2 is 2.22 bits per heavy atom. The zero-order chi connectivity index (χ0) is 13.5. The molecule has 104 valence electrons. The van der Waals surface area contributed by atoms with Gasteiger partial charge in [0.1, 0.15) is 0 Å². The zero-order valence-electron chi connectivity index (χ0n) is 11.1. The molecule has 18 heavy (non-hydrogen) atoms. The third-order valence-electron chi connectivity index (χ3n) is 3.19. The number of rotatable bonds is 6. The lowest BCUT2D eigenvalue weighted by Gasteiger charge is -2.15. The van der Waals surface area contributed by atoms with Crippen LogP contribution in [-0.2, 0) is 4.79 Å². The predicted octanol–water partition coefficient (Wildman–Crippen LogP) is 0.491. The van der Waals surface area contributed by atoms with E-state index in [-0.39, 0.29) is 24.4 Å². The van der Waals surface area contributed by atoms with Gasteiger partial charge >= 0.3 is 12.0 Å². The molecule has 0 spiro atoms. The average molecular weight is 257 g/mol. The summed E-state index contributed by atoms with van der Waals surface area (Å²) < 4.78 is 0. The van der Waals surface area contributed by atoms with Crippen LogP contribution in [0.5, 0.6) is 0 Å². The number of likely N-dealkylation sites (tertiary alicyclic amines) is 1. The lowest BCUT2D eigenvalue weighted by Crippen LogP contribution is -2.44. The van der Waals surface area contributed by atoms with Crippen LogP contribution in [-0.4, -0.2) is 54.7 Å². The van der Waals surface area contributed by atoms with E-state index in [0.717, 1.165) is 19.5 Å². The van der Waals surface area contributed by atoms with E-state index in [1.54, 1.807) is 0 Å². The minimum absolute atomic E-state index is 0.151. The summed E-state index contributed by atoms with van der Waals surface area (Å²) in [4.78, 5) is 24.2. The molecule has 2 unspecified atom stereocenters. The molecule has 6 heteroatoms. The molecule has 1 aliphatic rings. The van der Waals surface area contributed by atoms with Gasteiger partial charge in [-0.05, 0) is 32.4 Å². The maximum absolute atomic E-state index is 11.6. The van der Waals surface area contributed by atoms with Gasteiger partial charge in [0.15, 0.2) is 0 Å². The third kappa shape index (κ3) is 5.86. The van der Waals surface area contributed by atoms with Crippen molar-refractivity contribution >= 4 is 12.0 Å². The molecule has 1 saturated heterocycles. The Balaban J connectivity index is 2.11. The van der Waals surface area contributed by atoms with Gasteiger partial charge in [-0.3, -0.25) is 4.79 Å². The van der Waals surface area contributed by atoms with Crippen molar-refractivity contribution in [3.8, 4) is 0 Å². The van der Waals surface area contributed by atoms with Gasteiger partial charge in [0.05, 0.1) is 0 Å². The van der Waals surface area contributed by atoms with Crippen molar-refractivity contribution in [3.05, 3.63) is 0 Å². The van der Waals surface area contributed by atoms with Crippen LogP contribution in [0.4, 0.5) is 4.79 Å². The second-order valence-corrected chi connectivity index (χ2v) is 5.14. The molecule has 0 aromatic rings. The molecule has 0 radical (unpaired) electrons. The van der Waals surface area contributed by atoms with Gasteiger partial charge in [-0.1, -0.05) is 6.92 Å². The number of carboxylic acids is 1. The van der Waals surface area contributed by atoms with E-state index in [4.69, 9.17) is 5.11 Å². The molecule has 0 aromatic heterocycles. The van der Waals surface area contributed by atoms with Crippen molar-refractivity contribution in [2.24, 2.45) is 5.92 Å². The number of aliphatic carboxylic acids is 1. The van der Waals surface area contributed by atoms with E-state index >= 15 is 0 Å². The second kappa shape index (κ2) is 7.20. The first-order chi connectivity index (χ1) is 8.47. The Labute approximate surface area is 108 Å². The number of carbonyl (C=O) groups is 2. The van der Waals surface area contributed by atoms with Crippen LogP contribution in [0.1, 0.15) is 26.2 Å². The molecule has 6 nitrogen and oxygen atoms in total. The van der Waals surface area contributed by atoms with Crippen molar-refractivity contribution in [1.82, 2.24) is 15.5 Å². The highest BCUT2D eigenvalue weighted by Crippen LogP contribution is 2.06. The predicted molar refractivity (Wildman–Crippen MR) is 68.5 cm³/mol. The molecule has 0 saturated carbocycles. The van der Waals surface area contributed by atoms with Crippen LogP contribution in [0.3, 0.4) is 0 Å². The van der Waals surface area contributed by atoms with Gasteiger partial charge in [0.25, 0.3) is 0 Å². The van der Waals surface area contributed by atoms with Gasteiger partial charge in [0.2, 0.25) is 0 Å². The number of hydrogen-bond acceptors (Lipinski definition) is 3. The largest absolute Gasteiger partial charge is 0.481 e. The van der Waals surface area contributed by atoms with E-state index in [1.807, 2.05) is 14.0 Å². The van der Waals surface area contributed by atoms with Crippen LogP contribution in [0.2, 0.25) is 0 Å². The third-order valence-corrected chi connectivity index (χ3v) is 3.19. The Bertz CT molecular complexity index is 296. The Morgan fingerprint density at radius 1 is 1.50 bits per heavy atom. The van der Waals surface area contributed by atoms with Crippen molar-refractivity contribution in [2.45, 2.75) is 32.2 Å². The summed E-state index contributed by atoms with van der Waals surface area (Å²) in [7, 11) is 2.04. The molecule has 2 amide bonds. The fraction of sp³-hybridized carbons (Fsp3) is 0.833. The minimum Gasteiger partial charge on any atom is -0.481 e. The highest BCUT2D eigenvalue weighted by molar-refractivity contribution is 5.74. The molecule has 1 rings (SSSR count). The quantitative estimate of drug-likeness (QED) is 0.647. The molecule has 1 fully saturated rings. The van der Waals surface area contributed by atoms with Gasteiger partial charge in [0, 0.05) is 25.6 Å². The maximum atomic E-state index is 11.6. The van der Waals surface area contributed by atoms with Crippen LogP contribution in [0.25, 0.3) is 0 Å². The normalized spacial score (nSPS) is 21.6. The highest BCUT2D eigenvalue weighted by atomic mass is 16.4. The molecule has 2 atom stereocenters. The lowest BCUT2D eigenvalue weighted by molar-refractivity contribution is -0.137. The first-order valence-electron chi connectivity index (χ1n) is 6.42. The fourth-order valence-corrected chi connectivity index (χ4v) is 2.03.